The Kier molecular flexibility index (Phi) is 2.29. The number of carbonyl (C=O) groups excluding carboxylic acids is 1. The van der Waals surface area contributed by atoms with Crippen LogP contribution in [0, 0.1) is 5.92 Å². The molecule has 1 amide bonds. The first-order valence-corrected chi connectivity index (χ1v) is 3.78. The van der Waals surface area contributed by atoms with Crippen LogP contribution in [0.1, 0.15) is 13.8 Å². The molecular weight excluding hydrogens is 142 g/mol. The van der Waals surface area contributed by atoms with E-state index in [-0.39, 0.29) is 17.9 Å². The van der Waals surface area contributed by atoms with E-state index >= 15 is 0 Å². The van der Waals surface area contributed by atoms with E-state index in [2.05, 4.69) is 5.32 Å². The number of carbonyl (C=O) groups is 1. The number of aliphatic hydroxyl groups excluding tert-OH is 1. The third-order valence-electron chi connectivity index (χ3n) is 1.81. The van der Waals surface area contributed by atoms with Crippen LogP contribution in [0.3, 0.4) is 0 Å². The molecule has 1 aliphatic heterocycles. The number of amides is 1. The van der Waals surface area contributed by atoms with Crippen molar-refractivity contribution in [1.29, 1.82) is 0 Å². The van der Waals surface area contributed by atoms with Crippen molar-refractivity contribution in [2.24, 2.45) is 5.92 Å². The predicted octanol–water partition coefficient (Wildman–Crippen LogP) is 0.0579. The zero-order chi connectivity index (χ0) is 8.43. The van der Waals surface area contributed by atoms with Crippen molar-refractivity contribution in [3.63, 3.8) is 0 Å². The summed E-state index contributed by atoms with van der Waals surface area (Å²) in [6.07, 6.45) is 2.68. The summed E-state index contributed by atoms with van der Waals surface area (Å²) >= 11 is 0. The highest BCUT2D eigenvalue weighted by molar-refractivity contribution is 5.90. The summed E-state index contributed by atoms with van der Waals surface area (Å²) in [6, 6.07) is -0.192. The Morgan fingerprint density at radius 2 is 2.27 bits per heavy atom. The lowest BCUT2D eigenvalue weighted by Gasteiger charge is -2.20. The lowest BCUT2D eigenvalue weighted by atomic mass is 10.0. The lowest BCUT2D eigenvalue weighted by molar-refractivity contribution is -0.116. The first kappa shape index (κ1) is 8.27. The first-order chi connectivity index (χ1) is 5.11. The van der Waals surface area contributed by atoms with Crippen LogP contribution in [0.15, 0.2) is 12.2 Å². The van der Waals surface area contributed by atoms with Gasteiger partial charge in [-0.2, -0.15) is 0 Å². The van der Waals surface area contributed by atoms with Gasteiger partial charge in [-0.25, -0.2) is 0 Å². The van der Waals surface area contributed by atoms with Gasteiger partial charge in [-0.3, -0.25) is 4.79 Å². The van der Waals surface area contributed by atoms with E-state index in [1.807, 2.05) is 13.8 Å². The van der Waals surface area contributed by atoms with Crippen LogP contribution in [-0.2, 0) is 4.79 Å². The maximum absolute atomic E-state index is 10.7. The lowest BCUT2D eigenvalue weighted by Crippen LogP contribution is -2.39. The number of hydrogen-bond donors (Lipinski definition) is 2. The molecule has 0 bridgehead atoms. The summed E-state index contributed by atoms with van der Waals surface area (Å²) in [5, 5.41) is 12.1. The molecule has 3 nitrogen and oxygen atoms in total. The van der Waals surface area contributed by atoms with Crippen molar-refractivity contribution in [2.45, 2.75) is 26.0 Å². The van der Waals surface area contributed by atoms with Crippen LogP contribution in [0.5, 0.6) is 0 Å². The minimum Gasteiger partial charge on any atom is -0.390 e. The monoisotopic (exact) mass is 155 g/mol. The van der Waals surface area contributed by atoms with Gasteiger partial charge in [0.05, 0.1) is 12.1 Å². The fraction of sp³-hybridized carbons (Fsp3) is 0.625. The standard InChI is InChI=1S/C8H13NO2/c1-5(2)8(11)6-3-4-7(10)9-6/h3-6,8,11H,1-2H3,(H,9,10). The molecule has 2 N–H and O–H groups in total. The van der Waals surface area contributed by atoms with Gasteiger partial charge in [0.15, 0.2) is 0 Å². The zero-order valence-electron chi connectivity index (χ0n) is 6.74. The van der Waals surface area contributed by atoms with Gasteiger partial charge in [0.1, 0.15) is 0 Å². The quantitative estimate of drug-likeness (QED) is 0.592. The first-order valence-electron chi connectivity index (χ1n) is 3.78. The second-order valence-corrected chi connectivity index (χ2v) is 3.13. The van der Waals surface area contributed by atoms with Crippen molar-refractivity contribution in [3.8, 4) is 0 Å². The predicted molar refractivity (Wildman–Crippen MR) is 41.9 cm³/mol. The van der Waals surface area contributed by atoms with E-state index in [1.54, 1.807) is 6.08 Å². The molecule has 1 aliphatic rings. The van der Waals surface area contributed by atoms with E-state index in [0.717, 1.165) is 0 Å². The molecule has 0 radical (unpaired) electrons. The maximum Gasteiger partial charge on any atom is 0.244 e. The average Bonchev–Trinajstić information content (AvgIpc) is 2.34. The molecule has 1 heterocycles. The molecule has 11 heavy (non-hydrogen) atoms. The molecule has 0 aromatic rings. The van der Waals surface area contributed by atoms with Gasteiger partial charge in [0.25, 0.3) is 0 Å². The Bertz CT molecular complexity index is 187. The maximum atomic E-state index is 10.7. The zero-order valence-corrected chi connectivity index (χ0v) is 6.74. The van der Waals surface area contributed by atoms with E-state index in [0.29, 0.717) is 0 Å². The van der Waals surface area contributed by atoms with Crippen LogP contribution < -0.4 is 5.32 Å². The van der Waals surface area contributed by atoms with Gasteiger partial charge in [-0.15, -0.1) is 0 Å². The van der Waals surface area contributed by atoms with Crippen LogP contribution in [0.25, 0.3) is 0 Å². The fourth-order valence-electron chi connectivity index (χ4n) is 1.07. The highest BCUT2D eigenvalue weighted by atomic mass is 16.3. The number of aliphatic hydroxyl groups is 1. The third kappa shape index (κ3) is 1.80. The highest BCUT2D eigenvalue weighted by Crippen LogP contribution is 2.10. The summed E-state index contributed by atoms with van der Waals surface area (Å²) in [5.74, 6) is 0.0535. The second-order valence-electron chi connectivity index (χ2n) is 3.13. The molecule has 2 atom stereocenters. The van der Waals surface area contributed by atoms with Gasteiger partial charge >= 0.3 is 0 Å². The molecule has 3 heteroatoms. The molecule has 0 aromatic heterocycles. The largest absolute Gasteiger partial charge is 0.390 e. The van der Waals surface area contributed by atoms with Crippen LogP contribution in [-0.4, -0.2) is 23.2 Å². The molecule has 0 aliphatic carbocycles. The highest BCUT2D eigenvalue weighted by Gasteiger charge is 2.24. The van der Waals surface area contributed by atoms with Crippen molar-refractivity contribution in [3.05, 3.63) is 12.2 Å². The topological polar surface area (TPSA) is 49.3 Å². The molecular formula is C8H13NO2. The van der Waals surface area contributed by atoms with Crippen molar-refractivity contribution in [2.75, 3.05) is 0 Å². The average molecular weight is 155 g/mol. The minimum atomic E-state index is -0.474. The minimum absolute atomic E-state index is 0.116. The van der Waals surface area contributed by atoms with E-state index in [1.165, 1.54) is 6.08 Å². The molecule has 0 aromatic carbocycles. The SMILES string of the molecule is CC(C)C(O)C1C=CC(=O)N1. The summed E-state index contributed by atoms with van der Waals surface area (Å²) in [4.78, 5) is 10.7. The number of rotatable bonds is 2. The Morgan fingerprint density at radius 3 is 2.64 bits per heavy atom. The summed E-state index contributed by atoms with van der Waals surface area (Å²) in [6.45, 7) is 3.84. The molecule has 0 saturated heterocycles. The third-order valence-corrected chi connectivity index (χ3v) is 1.81. The Balaban J connectivity index is 2.51. The van der Waals surface area contributed by atoms with Crippen molar-refractivity contribution in [1.82, 2.24) is 5.32 Å². The number of nitrogens with one attached hydrogen (secondary N) is 1. The van der Waals surface area contributed by atoms with Crippen LogP contribution >= 0.6 is 0 Å². The van der Waals surface area contributed by atoms with E-state index in [4.69, 9.17) is 0 Å². The fourth-order valence-corrected chi connectivity index (χ4v) is 1.07. The second kappa shape index (κ2) is 3.05. The van der Waals surface area contributed by atoms with Crippen molar-refractivity contribution >= 4 is 5.91 Å². The van der Waals surface area contributed by atoms with Crippen LogP contribution in [0.4, 0.5) is 0 Å². The van der Waals surface area contributed by atoms with Gasteiger partial charge in [-0.05, 0) is 5.92 Å². The normalized spacial score (nSPS) is 25.8. The molecule has 0 spiro atoms. The molecule has 1 rings (SSSR count). The smallest absolute Gasteiger partial charge is 0.244 e. The van der Waals surface area contributed by atoms with Gasteiger partial charge in [0.2, 0.25) is 5.91 Å². The van der Waals surface area contributed by atoms with E-state index in [9.17, 15) is 9.90 Å². The van der Waals surface area contributed by atoms with Gasteiger partial charge in [-0.1, -0.05) is 19.9 Å². The summed E-state index contributed by atoms with van der Waals surface area (Å²) in [7, 11) is 0. The Morgan fingerprint density at radius 1 is 1.64 bits per heavy atom. The summed E-state index contributed by atoms with van der Waals surface area (Å²) in [5.41, 5.74) is 0. The van der Waals surface area contributed by atoms with Gasteiger partial charge < -0.3 is 10.4 Å². The van der Waals surface area contributed by atoms with Gasteiger partial charge in [0, 0.05) is 6.08 Å². The van der Waals surface area contributed by atoms with Crippen LogP contribution in [0.2, 0.25) is 0 Å². The summed E-state index contributed by atoms with van der Waals surface area (Å²) < 4.78 is 0. The molecule has 2 unspecified atom stereocenters. The Hall–Kier alpha value is -0.830. The van der Waals surface area contributed by atoms with E-state index < -0.39 is 6.10 Å². The Labute approximate surface area is 66.1 Å². The van der Waals surface area contributed by atoms with Crippen molar-refractivity contribution < 1.29 is 9.90 Å². The molecule has 0 fully saturated rings. The molecule has 62 valence electrons. The number of hydrogen-bond acceptors (Lipinski definition) is 2. The molecule has 0 saturated carbocycles.